The van der Waals surface area contributed by atoms with Crippen LogP contribution in [0.4, 0.5) is 5.69 Å². The molecule has 0 aromatic heterocycles. The lowest BCUT2D eigenvalue weighted by molar-refractivity contribution is 0.567. The molecule has 0 amide bonds. The van der Waals surface area contributed by atoms with Crippen LogP contribution in [0.3, 0.4) is 0 Å². The van der Waals surface area contributed by atoms with Crippen LogP contribution >= 0.6 is 0 Å². The van der Waals surface area contributed by atoms with E-state index in [4.69, 9.17) is 0 Å². The smallest absolute Gasteiger partial charge is 0.0448 e. The zero-order chi connectivity index (χ0) is 30.5. The van der Waals surface area contributed by atoms with Gasteiger partial charge in [-0.05, 0) is 95.5 Å². The molecule has 5 aromatic carbocycles. The third-order valence-electron chi connectivity index (χ3n) is 10.2. The van der Waals surface area contributed by atoms with Gasteiger partial charge in [0.2, 0.25) is 0 Å². The van der Waals surface area contributed by atoms with Gasteiger partial charge < -0.3 is 4.90 Å². The lowest BCUT2D eigenvalue weighted by Gasteiger charge is -2.30. The first-order valence-corrected chi connectivity index (χ1v) is 15.9. The van der Waals surface area contributed by atoms with E-state index in [0.717, 1.165) is 12.8 Å². The first-order chi connectivity index (χ1) is 21.3. The third kappa shape index (κ3) is 4.54. The lowest BCUT2D eigenvalue weighted by atomic mass is 9.72. The SMILES string of the molecule is CC1=C(/C=C/C=C2/N(C)c3ccc(C)cc3C2(C)Cc2ccccc2)C(C)(Cc2ccccc2)c2c1ccc1ccccc21. The zero-order valence-electron chi connectivity index (χ0n) is 26.6. The Balaban J connectivity index is 1.34. The van der Waals surface area contributed by atoms with Crippen molar-refractivity contribution in [2.75, 3.05) is 11.9 Å². The van der Waals surface area contributed by atoms with Gasteiger partial charge in [0.1, 0.15) is 0 Å². The predicted octanol–water partition coefficient (Wildman–Crippen LogP) is 10.5. The van der Waals surface area contributed by atoms with Gasteiger partial charge in [0, 0.05) is 29.3 Å². The highest BCUT2D eigenvalue weighted by Gasteiger charge is 2.43. The van der Waals surface area contributed by atoms with E-state index < -0.39 is 0 Å². The van der Waals surface area contributed by atoms with Crippen molar-refractivity contribution in [3.63, 3.8) is 0 Å². The summed E-state index contributed by atoms with van der Waals surface area (Å²) in [5.41, 5.74) is 13.4. The Morgan fingerprint density at radius 2 is 1.32 bits per heavy atom. The summed E-state index contributed by atoms with van der Waals surface area (Å²) >= 11 is 0. The van der Waals surface area contributed by atoms with Crippen molar-refractivity contribution in [3.05, 3.63) is 178 Å². The minimum Gasteiger partial charge on any atom is -0.347 e. The van der Waals surface area contributed by atoms with Gasteiger partial charge >= 0.3 is 0 Å². The molecule has 218 valence electrons. The molecule has 44 heavy (non-hydrogen) atoms. The van der Waals surface area contributed by atoms with Crippen LogP contribution in [-0.4, -0.2) is 7.05 Å². The fourth-order valence-electron chi connectivity index (χ4n) is 8.11. The van der Waals surface area contributed by atoms with E-state index in [-0.39, 0.29) is 10.8 Å². The average Bonchev–Trinajstić information content (AvgIpc) is 3.37. The lowest BCUT2D eigenvalue weighted by Crippen LogP contribution is -2.28. The van der Waals surface area contributed by atoms with E-state index in [2.05, 4.69) is 173 Å². The maximum Gasteiger partial charge on any atom is 0.0448 e. The van der Waals surface area contributed by atoms with Gasteiger partial charge in [-0.1, -0.05) is 134 Å². The first kappa shape index (κ1) is 28.2. The fourth-order valence-corrected chi connectivity index (χ4v) is 8.11. The summed E-state index contributed by atoms with van der Waals surface area (Å²) in [5.74, 6) is 0. The maximum atomic E-state index is 2.45. The van der Waals surface area contributed by atoms with Crippen molar-refractivity contribution in [1.29, 1.82) is 0 Å². The number of hydrogen-bond acceptors (Lipinski definition) is 1. The highest BCUT2D eigenvalue weighted by atomic mass is 15.2. The predicted molar refractivity (Wildman–Crippen MR) is 188 cm³/mol. The van der Waals surface area contributed by atoms with Crippen LogP contribution in [0.15, 0.2) is 145 Å². The second-order valence-corrected chi connectivity index (χ2v) is 13.2. The Bertz CT molecular complexity index is 1960. The molecule has 0 spiro atoms. The summed E-state index contributed by atoms with van der Waals surface area (Å²) in [7, 11) is 2.23. The molecular formula is C43H41N. The van der Waals surface area contributed by atoms with Crippen LogP contribution in [-0.2, 0) is 23.7 Å². The number of allylic oxidation sites excluding steroid dienone is 6. The fraction of sp³-hybridized carbons (Fsp3) is 0.209. The molecule has 0 bridgehead atoms. The number of rotatable bonds is 6. The highest BCUT2D eigenvalue weighted by Crippen LogP contribution is 2.52. The molecule has 2 unspecified atom stereocenters. The number of hydrogen-bond donors (Lipinski definition) is 0. The van der Waals surface area contributed by atoms with Gasteiger partial charge in [0.25, 0.3) is 0 Å². The second-order valence-electron chi connectivity index (χ2n) is 13.2. The quantitative estimate of drug-likeness (QED) is 0.196. The number of benzene rings is 5. The van der Waals surface area contributed by atoms with Crippen molar-refractivity contribution in [1.82, 2.24) is 0 Å². The standard InChI is InChI=1S/C43H41N/c1-30-23-26-39-38(27-30)42(3,28-32-15-8-6-9-16-32)40(44(39)5)22-14-21-37-31(2)35-25-24-34-19-12-13-20-36(34)41(35)43(37,4)29-33-17-10-7-11-18-33/h6-27H,28-29H2,1-5H3/b21-14+,40-22+. The van der Waals surface area contributed by atoms with E-state index in [1.165, 1.54) is 66.7 Å². The van der Waals surface area contributed by atoms with Crippen molar-refractivity contribution >= 4 is 22.0 Å². The van der Waals surface area contributed by atoms with Crippen LogP contribution < -0.4 is 4.90 Å². The Morgan fingerprint density at radius 1 is 0.682 bits per heavy atom. The van der Waals surface area contributed by atoms with E-state index in [9.17, 15) is 0 Å². The van der Waals surface area contributed by atoms with E-state index in [1.54, 1.807) is 0 Å². The van der Waals surface area contributed by atoms with Crippen molar-refractivity contribution in [2.24, 2.45) is 0 Å². The normalized spacial score (nSPS) is 21.9. The Kier molecular flexibility index (Phi) is 6.93. The Morgan fingerprint density at radius 3 is 2.02 bits per heavy atom. The molecule has 0 saturated heterocycles. The first-order valence-electron chi connectivity index (χ1n) is 15.9. The molecule has 0 saturated carbocycles. The second kappa shape index (κ2) is 10.8. The number of likely N-dealkylation sites (N-methyl/N-ethyl adjacent to an activating group) is 1. The van der Waals surface area contributed by atoms with E-state index >= 15 is 0 Å². The van der Waals surface area contributed by atoms with Gasteiger partial charge in [-0.15, -0.1) is 0 Å². The summed E-state index contributed by atoms with van der Waals surface area (Å²) in [6.07, 6.45) is 9.02. The summed E-state index contributed by atoms with van der Waals surface area (Å²) in [4.78, 5) is 2.41. The molecule has 1 aliphatic carbocycles. The molecule has 5 aromatic rings. The van der Waals surface area contributed by atoms with Gasteiger partial charge in [-0.2, -0.15) is 0 Å². The molecule has 2 aliphatic rings. The maximum absolute atomic E-state index is 2.45. The zero-order valence-corrected chi connectivity index (χ0v) is 26.6. The number of fused-ring (bicyclic) bond motifs is 4. The molecule has 2 atom stereocenters. The van der Waals surface area contributed by atoms with Crippen LogP contribution in [0.5, 0.6) is 0 Å². The number of anilines is 1. The van der Waals surface area contributed by atoms with Crippen molar-refractivity contribution in [3.8, 4) is 0 Å². The Labute approximate surface area is 262 Å². The molecule has 7 rings (SSSR count). The van der Waals surface area contributed by atoms with Gasteiger partial charge in [0.15, 0.2) is 0 Å². The van der Waals surface area contributed by atoms with Gasteiger partial charge in [-0.25, -0.2) is 0 Å². The minimum atomic E-state index is -0.147. The van der Waals surface area contributed by atoms with Crippen LogP contribution in [0.2, 0.25) is 0 Å². The summed E-state index contributed by atoms with van der Waals surface area (Å²) in [6.45, 7) is 9.39. The summed E-state index contributed by atoms with van der Waals surface area (Å²) < 4.78 is 0. The molecule has 1 aliphatic heterocycles. The van der Waals surface area contributed by atoms with E-state index in [1.807, 2.05) is 0 Å². The Hall–Kier alpha value is -4.62. The number of nitrogens with zero attached hydrogens (tertiary/aromatic N) is 1. The molecule has 1 heteroatoms. The van der Waals surface area contributed by atoms with Crippen LogP contribution in [0.1, 0.15) is 54.2 Å². The molecular weight excluding hydrogens is 530 g/mol. The third-order valence-corrected chi connectivity index (χ3v) is 10.2. The van der Waals surface area contributed by atoms with Gasteiger partial charge in [0.05, 0.1) is 0 Å². The molecule has 0 fully saturated rings. The highest BCUT2D eigenvalue weighted by molar-refractivity contribution is 5.96. The average molecular weight is 572 g/mol. The van der Waals surface area contributed by atoms with Crippen LogP contribution in [0, 0.1) is 6.92 Å². The minimum absolute atomic E-state index is 0.132. The summed E-state index contributed by atoms with van der Waals surface area (Å²) in [6, 6.07) is 42.4. The number of aryl methyl sites for hydroxylation is 1. The molecule has 0 radical (unpaired) electrons. The van der Waals surface area contributed by atoms with Crippen LogP contribution in [0.25, 0.3) is 16.3 Å². The van der Waals surface area contributed by atoms with Crippen molar-refractivity contribution in [2.45, 2.75) is 51.4 Å². The monoisotopic (exact) mass is 571 g/mol. The van der Waals surface area contributed by atoms with E-state index in [0.29, 0.717) is 0 Å². The largest absolute Gasteiger partial charge is 0.347 e. The topological polar surface area (TPSA) is 3.24 Å². The van der Waals surface area contributed by atoms with Gasteiger partial charge in [-0.3, -0.25) is 0 Å². The molecule has 0 N–H and O–H groups in total. The van der Waals surface area contributed by atoms with Crippen molar-refractivity contribution < 1.29 is 0 Å². The molecule has 1 heterocycles. The molecule has 1 nitrogen and oxygen atoms in total. The summed E-state index contributed by atoms with van der Waals surface area (Å²) in [5, 5.41) is 2.67.